The molecule has 10 nitrogen and oxygen atoms in total. The molecule has 34 heavy (non-hydrogen) atoms. The molecule has 0 aliphatic rings. The first-order valence-corrected chi connectivity index (χ1v) is 12.9. The highest BCUT2D eigenvalue weighted by atomic mass is 32.2. The van der Waals surface area contributed by atoms with E-state index in [2.05, 4.69) is 15.0 Å². The quantitative estimate of drug-likeness (QED) is 0.451. The Bertz CT molecular complexity index is 1400. The van der Waals surface area contributed by atoms with Crippen molar-refractivity contribution in [1.29, 1.82) is 0 Å². The fraction of sp³-hybridized carbons (Fsp3) is 0.136. The van der Waals surface area contributed by atoms with Crippen LogP contribution in [0.3, 0.4) is 0 Å². The molecular weight excluding hydrogens is 478 g/mol. The lowest BCUT2D eigenvalue weighted by Gasteiger charge is -2.11. The normalized spacial score (nSPS) is 11.9. The van der Waals surface area contributed by atoms with Gasteiger partial charge in [0.15, 0.2) is 0 Å². The van der Waals surface area contributed by atoms with Gasteiger partial charge in [-0.05, 0) is 72.8 Å². The van der Waals surface area contributed by atoms with E-state index in [1.165, 1.54) is 48.5 Å². The highest BCUT2D eigenvalue weighted by molar-refractivity contribution is 7.92. The van der Waals surface area contributed by atoms with Crippen LogP contribution in [0, 0.1) is 0 Å². The van der Waals surface area contributed by atoms with Gasteiger partial charge in [0.1, 0.15) is 0 Å². The van der Waals surface area contributed by atoms with E-state index in [-0.39, 0.29) is 15.5 Å². The summed E-state index contributed by atoms with van der Waals surface area (Å²) in [6.07, 6.45) is 0. The average Bonchev–Trinajstić information content (AvgIpc) is 2.77. The zero-order chi connectivity index (χ0) is 24.9. The molecule has 2 N–H and O–H groups in total. The van der Waals surface area contributed by atoms with Gasteiger partial charge in [-0.15, -0.1) is 0 Å². The molecule has 3 aromatic carbocycles. The number of nitrogens with zero attached hydrogens (tertiary/aromatic N) is 3. The largest absolute Gasteiger partial charge is 0.378 e. The zero-order valence-electron chi connectivity index (χ0n) is 18.6. The van der Waals surface area contributed by atoms with Crippen molar-refractivity contribution in [2.24, 2.45) is 10.2 Å². The topological polar surface area (TPSA) is 137 Å². The van der Waals surface area contributed by atoms with Crippen molar-refractivity contribution in [3.63, 3.8) is 0 Å². The predicted octanol–water partition coefficient (Wildman–Crippen LogP) is 3.79. The molecule has 3 aromatic rings. The van der Waals surface area contributed by atoms with E-state index < -0.39 is 26.0 Å². The van der Waals surface area contributed by atoms with E-state index in [0.717, 1.165) is 12.6 Å². The van der Waals surface area contributed by atoms with E-state index in [1.54, 1.807) is 0 Å². The van der Waals surface area contributed by atoms with Crippen LogP contribution in [0.4, 0.5) is 22.7 Å². The van der Waals surface area contributed by atoms with Gasteiger partial charge in [-0.1, -0.05) is 0 Å². The summed E-state index contributed by atoms with van der Waals surface area (Å²) in [6.45, 7) is 1.08. The molecule has 0 saturated heterocycles. The van der Waals surface area contributed by atoms with Crippen LogP contribution in [0.25, 0.3) is 0 Å². The summed E-state index contributed by atoms with van der Waals surface area (Å²) >= 11 is 0. The molecule has 178 valence electrons. The van der Waals surface area contributed by atoms with Crippen molar-refractivity contribution in [3.8, 4) is 0 Å². The van der Waals surface area contributed by atoms with E-state index in [9.17, 15) is 21.6 Å². The van der Waals surface area contributed by atoms with Crippen molar-refractivity contribution in [3.05, 3.63) is 72.8 Å². The molecule has 0 fully saturated rings. The fourth-order valence-electron chi connectivity index (χ4n) is 2.79. The van der Waals surface area contributed by atoms with Gasteiger partial charge < -0.3 is 4.90 Å². The molecule has 0 saturated carbocycles. The third kappa shape index (κ3) is 6.39. The number of carbonyl (C=O) groups excluding carboxylic acids is 1. The number of amides is 1. The van der Waals surface area contributed by atoms with Gasteiger partial charge in [0.25, 0.3) is 20.0 Å². The van der Waals surface area contributed by atoms with Gasteiger partial charge in [-0.25, -0.2) is 21.6 Å². The molecule has 0 bridgehead atoms. The smallest absolute Gasteiger partial charge is 0.264 e. The maximum Gasteiger partial charge on any atom is 0.264 e. The van der Waals surface area contributed by atoms with E-state index in [4.69, 9.17) is 0 Å². The lowest BCUT2D eigenvalue weighted by Crippen LogP contribution is -2.28. The maximum atomic E-state index is 12.7. The van der Waals surface area contributed by atoms with Crippen LogP contribution >= 0.6 is 0 Å². The number of carbonyl (C=O) groups is 1. The van der Waals surface area contributed by atoms with Gasteiger partial charge in [0.05, 0.1) is 21.2 Å². The second-order valence-electron chi connectivity index (χ2n) is 7.40. The Kier molecular flexibility index (Phi) is 7.32. The number of anilines is 2. The van der Waals surface area contributed by atoms with Crippen LogP contribution in [0.5, 0.6) is 0 Å². The van der Waals surface area contributed by atoms with Crippen molar-refractivity contribution in [2.45, 2.75) is 16.7 Å². The number of benzene rings is 3. The Morgan fingerprint density at radius 2 is 1.15 bits per heavy atom. The van der Waals surface area contributed by atoms with Gasteiger partial charge in [0.2, 0.25) is 5.91 Å². The first kappa shape index (κ1) is 24.9. The first-order chi connectivity index (χ1) is 16.0. The molecule has 0 spiro atoms. The van der Waals surface area contributed by atoms with Crippen LogP contribution < -0.4 is 14.3 Å². The first-order valence-electron chi connectivity index (χ1n) is 9.92. The molecule has 0 aliphatic carbocycles. The number of azo groups is 1. The molecule has 0 unspecified atom stereocenters. The van der Waals surface area contributed by atoms with Gasteiger partial charge in [-0.2, -0.15) is 10.2 Å². The molecule has 0 radical (unpaired) electrons. The standard InChI is InChI=1S/C22H23N5O5S2/c1-16(28)25-33(29,30)21-14-8-19(9-15-21)26-34(31,32)22-12-6-18(7-13-22)24-23-17-4-10-20(11-5-17)27(2)3/h4-15,26H,1-3H3,(H,25,28). The van der Waals surface area contributed by atoms with Gasteiger partial charge in [0, 0.05) is 32.4 Å². The van der Waals surface area contributed by atoms with Crippen molar-refractivity contribution in [1.82, 2.24) is 4.72 Å². The minimum atomic E-state index is -4.01. The molecule has 0 aliphatic heterocycles. The van der Waals surface area contributed by atoms with E-state index in [1.807, 2.05) is 48.0 Å². The molecule has 12 heteroatoms. The minimum absolute atomic E-state index is 0.00303. The third-order valence-electron chi connectivity index (χ3n) is 4.49. The minimum Gasteiger partial charge on any atom is -0.378 e. The zero-order valence-corrected chi connectivity index (χ0v) is 20.3. The van der Waals surface area contributed by atoms with Crippen molar-refractivity contribution in [2.75, 3.05) is 23.7 Å². The maximum absolute atomic E-state index is 12.7. The summed E-state index contributed by atoms with van der Waals surface area (Å²) in [5.74, 6) is -0.727. The number of nitrogens with one attached hydrogen (secondary N) is 2. The molecule has 0 heterocycles. The summed E-state index contributed by atoms with van der Waals surface area (Å²) in [5.41, 5.74) is 2.33. The molecule has 1 amide bonds. The van der Waals surface area contributed by atoms with Crippen molar-refractivity contribution < 1.29 is 21.6 Å². The van der Waals surface area contributed by atoms with Crippen LogP contribution in [0.1, 0.15) is 6.92 Å². The Hall–Kier alpha value is -3.77. The average molecular weight is 502 g/mol. The van der Waals surface area contributed by atoms with Crippen LogP contribution in [-0.4, -0.2) is 36.8 Å². The third-order valence-corrected chi connectivity index (χ3v) is 7.34. The molecule has 3 rings (SSSR count). The summed E-state index contributed by atoms with van der Waals surface area (Å²) < 4.78 is 53.5. The van der Waals surface area contributed by atoms with Crippen LogP contribution in [0.2, 0.25) is 0 Å². The van der Waals surface area contributed by atoms with Gasteiger partial charge in [-0.3, -0.25) is 9.52 Å². The lowest BCUT2D eigenvalue weighted by atomic mass is 10.3. The Morgan fingerprint density at radius 1 is 0.706 bits per heavy atom. The van der Waals surface area contributed by atoms with E-state index >= 15 is 0 Å². The Balaban J connectivity index is 1.69. The Labute approximate surface area is 198 Å². The van der Waals surface area contributed by atoms with Crippen molar-refractivity contribution >= 4 is 48.7 Å². The monoisotopic (exact) mass is 501 g/mol. The van der Waals surface area contributed by atoms with Crippen LogP contribution in [-0.2, 0) is 24.8 Å². The molecule has 0 aromatic heterocycles. The second-order valence-corrected chi connectivity index (χ2v) is 10.8. The Morgan fingerprint density at radius 3 is 1.62 bits per heavy atom. The highest BCUT2D eigenvalue weighted by Gasteiger charge is 2.17. The molecular formula is C22H23N5O5S2. The predicted molar refractivity (Wildman–Crippen MR) is 130 cm³/mol. The summed E-state index contributed by atoms with van der Waals surface area (Å²) in [7, 11) is -4.05. The van der Waals surface area contributed by atoms with E-state index in [0.29, 0.717) is 11.4 Å². The summed E-state index contributed by atoms with van der Waals surface area (Å²) in [4.78, 5) is 12.8. The summed E-state index contributed by atoms with van der Waals surface area (Å²) in [5, 5.41) is 8.27. The SMILES string of the molecule is CC(=O)NS(=O)(=O)c1ccc(NS(=O)(=O)c2ccc(N=Nc3ccc(N(C)C)cc3)cc2)cc1. The number of hydrogen-bond acceptors (Lipinski definition) is 8. The number of sulfonamides is 2. The molecule has 0 atom stereocenters. The van der Waals surface area contributed by atoms with Crippen LogP contribution in [0.15, 0.2) is 92.8 Å². The second kappa shape index (κ2) is 10.0. The lowest BCUT2D eigenvalue weighted by molar-refractivity contribution is -0.117. The fourth-order valence-corrected chi connectivity index (χ4v) is 4.84. The highest BCUT2D eigenvalue weighted by Crippen LogP contribution is 2.24. The number of hydrogen-bond donors (Lipinski definition) is 2. The summed E-state index contributed by atoms with van der Waals surface area (Å²) in [6, 6.07) is 18.3. The number of rotatable bonds is 8. The van der Waals surface area contributed by atoms with Gasteiger partial charge >= 0.3 is 0 Å².